The van der Waals surface area contributed by atoms with Crippen molar-refractivity contribution in [2.24, 2.45) is 17.3 Å². The molecule has 0 bridgehead atoms. The fourth-order valence-electron chi connectivity index (χ4n) is 9.15. The van der Waals surface area contributed by atoms with Crippen molar-refractivity contribution in [2.75, 3.05) is 0 Å². The van der Waals surface area contributed by atoms with Crippen molar-refractivity contribution in [3.8, 4) is 0 Å². The second kappa shape index (κ2) is 15.5. The number of hydrogen-bond donors (Lipinski definition) is 0. The fraction of sp³-hybridized carbons (Fsp3) is 0.447. The van der Waals surface area contributed by atoms with Gasteiger partial charge in [-0.2, -0.15) is 0 Å². The van der Waals surface area contributed by atoms with Gasteiger partial charge in [0.1, 0.15) is 0 Å². The molecule has 0 N–H and O–H groups in total. The first-order valence-corrected chi connectivity index (χ1v) is 20.2. The molecular weight excluding hydrogens is 629 g/mol. The van der Waals surface area contributed by atoms with Gasteiger partial charge in [0.2, 0.25) is 0 Å². The first-order valence-electron chi connectivity index (χ1n) is 19.4. The van der Waals surface area contributed by atoms with Crippen LogP contribution in [0.4, 0.5) is 0 Å². The number of benzene rings is 2. The topological polar surface area (TPSA) is 0 Å². The van der Waals surface area contributed by atoms with E-state index in [9.17, 15) is 0 Å². The highest BCUT2D eigenvalue weighted by Gasteiger charge is 2.49. The van der Waals surface area contributed by atoms with Crippen molar-refractivity contribution in [1.82, 2.24) is 0 Å². The van der Waals surface area contributed by atoms with Gasteiger partial charge in [-0.25, -0.2) is 0 Å². The van der Waals surface area contributed by atoms with E-state index >= 15 is 0 Å². The molecule has 0 nitrogen and oxygen atoms in total. The number of fused-ring (bicyclic) bond motifs is 2. The molecule has 6 rings (SSSR count). The lowest BCUT2D eigenvalue weighted by molar-refractivity contribution is 0.544. The summed E-state index contributed by atoms with van der Waals surface area (Å²) in [5, 5.41) is 0. The Morgan fingerprint density at radius 3 is 1.18 bits per heavy atom. The first kappa shape index (κ1) is 35.9. The molecule has 0 heterocycles. The summed E-state index contributed by atoms with van der Waals surface area (Å²) in [6.45, 7) is 14.3. The maximum Gasteiger partial charge on any atom is 0.0450 e. The van der Waals surface area contributed by atoms with Gasteiger partial charge in [-0.05, 0) is 118 Å². The van der Waals surface area contributed by atoms with Gasteiger partial charge >= 0.3 is 0 Å². The van der Waals surface area contributed by atoms with E-state index in [-0.39, 0.29) is 17.3 Å². The summed E-state index contributed by atoms with van der Waals surface area (Å²) in [6, 6.07) is 22.6. The lowest BCUT2D eigenvalue weighted by Gasteiger charge is -2.36. The molecule has 2 heteroatoms. The molecule has 2 atom stereocenters. The van der Waals surface area contributed by atoms with Crippen LogP contribution in [0.15, 0.2) is 117 Å². The second-order valence-electron chi connectivity index (χ2n) is 15.1. The molecule has 49 heavy (non-hydrogen) atoms. The Morgan fingerprint density at radius 1 is 0.490 bits per heavy atom. The average molecular weight is 685 g/mol. The Balaban J connectivity index is 1.65. The molecule has 256 valence electrons. The molecular formula is C47H56S2. The predicted octanol–water partition coefficient (Wildman–Crippen LogP) is 14.2. The fourth-order valence-corrected chi connectivity index (χ4v) is 9.99. The number of thiocarbonyl (C=S) groups is 2. The van der Waals surface area contributed by atoms with Crippen LogP contribution in [0.5, 0.6) is 0 Å². The van der Waals surface area contributed by atoms with Crippen molar-refractivity contribution in [3.05, 3.63) is 129 Å². The molecule has 0 amide bonds. The van der Waals surface area contributed by atoms with Crippen LogP contribution in [0.2, 0.25) is 0 Å². The van der Waals surface area contributed by atoms with E-state index in [2.05, 4.69) is 114 Å². The van der Waals surface area contributed by atoms with Crippen LogP contribution in [0, 0.1) is 17.3 Å². The molecule has 2 aromatic carbocycles. The Kier molecular flexibility index (Phi) is 11.4. The van der Waals surface area contributed by atoms with E-state index in [1.54, 1.807) is 0 Å². The maximum atomic E-state index is 6.44. The minimum absolute atomic E-state index is 0.234. The van der Waals surface area contributed by atoms with Crippen LogP contribution in [0.1, 0.15) is 130 Å². The number of rotatable bonds is 16. The van der Waals surface area contributed by atoms with E-state index in [0.717, 1.165) is 35.4 Å². The molecule has 4 aliphatic carbocycles. The van der Waals surface area contributed by atoms with E-state index in [4.69, 9.17) is 24.4 Å². The summed E-state index contributed by atoms with van der Waals surface area (Å²) in [7, 11) is 0. The molecule has 0 aliphatic heterocycles. The summed E-state index contributed by atoms with van der Waals surface area (Å²) in [6.07, 6.45) is 18.9. The Bertz CT molecular complexity index is 1650. The van der Waals surface area contributed by atoms with E-state index < -0.39 is 0 Å². The van der Waals surface area contributed by atoms with Crippen LogP contribution in [-0.2, 0) is 0 Å². The third-order valence-corrected chi connectivity index (χ3v) is 12.4. The number of allylic oxidation sites excluding steroid dienone is 12. The summed E-state index contributed by atoms with van der Waals surface area (Å²) >= 11 is 12.9. The van der Waals surface area contributed by atoms with Crippen molar-refractivity contribution < 1.29 is 0 Å². The molecule has 4 aliphatic rings. The van der Waals surface area contributed by atoms with E-state index in [1.807, 2.05) is 0 Å². The zero-order chi connectivity index (χ0) is 34.7. The Labute approximate surface area is 308 Å². The smallest absolute Gasteiger partial charge is 0.0450 e. The van der Waals surface area contributed by atoms with Gasteiger partial charge < -0.3 is 0 Å². The third kappa shape index (κ3) is 6.54. The molecule has 0 radical (unpaired) electrons. The monoisotopic (exact) mass is 684 g/mol. The van der Waals surface area contributed by atoms with E-state index in [1.165, 1.54) is 118 Å². The van der Waals surface area contributed by atoms with Crippen LogP contribution in [0.3, 0.4) is 0 Å². The molecule has 0 saturated heterocycles. The van der Waals surface area contributed by atoms with Crippen molar-refractivity contribution in [2.45, 2.75) is 119 Å². The molecule has 0 saturated carbocycles. The van der Waals surface area contributed by atoms with Gasteiger partial charge in [0.15, 0.2) is 0 Å². The molecule has 0 fully saturated rings. The summed E-state index contributed by atoms with van der Waals surface area (Å²) in [5.41, 5.74) is 17.2. The first-order chi connectivity index (χ1) is 23.8. The maximum absolute atomic E-state index is 6.44. The highest BCUT2D eigenvalue weighted by Crippen LogP contribution is 2.62. The second-order valence-corrected chi connectivity index (χ2v) is 15.9. The van der Waals surface area contributed by atoms with E-state index in [0.29, 0.717) is 0 Å². The lowest BCUT2D eigenvalue weighted by atomic mass is 9.67. The van der Waals surface area contributed by atoms with Gasteiger partial charge in [-0.15, -0.1) is 0 Å². The van der Waals surface area contributed by atoms with Crippen molar-refractivity contribution in [1.29, 1.82) is 0 Å². The van der Waals surface area contributed by atoms with Gasteiger partial charge in [-0.3, -0.25) is 0 Å². The van der Waals surface area contributed by atoms with Crippen LogP contribution in [0.25, 0.3) is 11.1 Å². The van der Waals surface area contributed by atoms with Crippen molar-refractivity contribution >= 4 is 45.3 Å². The van der Waals surface area contributed by atoms with Crippen LogP contribution in [-0.4, -0.2) is 9.73 Å². The van der Waals surface area contributed by atoms with Gasteiger partial charge in [0.05, 0.1) is 0 Å². The summed E-state index contributed by atoms with van der Waals surface area (Å²) in [4.78, 5) is 2.28. The normalized spacial score (nSPS) is 20.6. The SMILES string of the molecule is CCCCC1=CC2C(=C(CCCC)C(C(C)(C)C3=C(c4ccccc4)C4C=C(CCCC)C(=S)C4=C3CCCC)=C2c2ccccc2)C1=S. The Hall–Kier alpha value is -2.94. The van der Waals surface area contributed by atoms with Gasteiger partial charge in [0.25, 0.3) is 0 Å². The minimum Gasteiger partial charge on any atom is -0.0795 e. The molecule has 0 aromatic heterocycles. The van der Waals surface area contributed by atoms with Gasteiger partial charge in [-0.1, -0.05) is 164 Å². The number of unbranched alkanes of at least 4 members (excludes halogenated alkanes) is 4. The van der Waals surface area contributed by atoms with Crippen LogP contribution < -0.4 is 0 Å². The quantitative estimate of drug-likeness (QED) is 0.161. The van der Waals surface area contributed by atoms with Crippen LogP contribution >= 0.6 is 24.4 Å². The molecule has 2 unspecified atom stereocenters. The van der Waals surface area contributed by atoms with Gasteiger partial charge in [0, 0.05) is 27.0 Å². The highest BCUT2D eigenvalue weighted by molar-refractivity contribution is 7.81. The largest absolute Gasteiger partial charge is 0.0795 e. The summed E-state index contributed by atoms with van der Waals surface area (Å²) < 4.78 is 0. The minimum atomic E-state index is -0.253. The molecule has 0 spiro atoms. The predicted molar refractivity (Wildman–Crippen MR) is 221 cm³/mol. The zero-order valence-corrected chi connectivity index (χ0v) is 32.5. The zero-order valence-electron chi connectivity index (χ0n) is 30.9. The third-order valence-electron chi connectivity index (χ3n) is 11.4. The summed E-state index contributed by atoms with van der Waals surface area (Å²) in [5.74, 6) is 0.468. The van der Waals surface area contributed by atoms with Crippen molar-refractivity contribution in [3.63, 3.8) is 0 Å². The highest BCUT2D eigenvalue weighted by atomic mass is 32.1. The molecule has 2 aromatic rings. The standard InChI is InChI=1S/C47H56S2/c1-7-11-21-33-29-37-39(31-23-17-15-18-24-31)43(35(27-13-9-3)41(37)45(33)48)47(5,6)44-36(28-14-10-4)42-38(30-34(46(42)49)22-12-8-2)40(44)32-25-19-16-20-26-32/h15-20,23-26,29-30,37-38H,7-14,21-22,27-28H2,1-6H3. The Morgan fingerprint density at radius 2 is 0.837 bits per heavy atom. The lowest BCUT2D eigenvalue weighted by Crippen LogP contribution is -2.23. The average Bonchev–Trinajstić information content (AvgIpc) is 3.82. The number of hydrogen-bond acceptors (Lipinski definition) is 2.